The van der Waals surface area contributed by atoms with E-state index in [0.29, 0.717) is 29.8 Å². The van der Waals surface area contributed by atoms with Crippen LogP contribution in [0.5, 0.6) is 0 Å². The van der Waals surface area contributed by atoms with Crippen LogP contribution in [0.1, 0.15) is 37.6 Å². The van der Waals surface area contributed by atoms with Gasteiger partial charge in [-0.2, -0.15) is 0 Å². The number of pyridine rings is 2. The zero-order chi connectivity index (χ0) is 18.3. The van der Waals surface area contributed by atoms with Gasteiger partial charge in [0.05, 0.1) is 12.2 Å². The Labute approximate surface area is 149 Å². The number of carbonyl (C=O) groups excluding carboxylic acids is 1. The first-order valence-electron chi connectivity index (χ1n) is 8.47. The molecule has 2 atom stereocenters. The summed E-state index contributed by atoms with van der Waals surface area (Å²) in [4.78, 5) is 25.3. The lowest BCUT2D eigenvalue weighted by molar-refractivity contribution is 0.104. The lowest BCUT2D eigenvalue weighted by Crippen LogP contribution is -2.20. The number of nitrogens with one attached hydrogen (secondary N) is 1. The lowest BCUT2D eigenvalue weighted by Gasteiger charge is -2.18. The third kappa shape index (κ3) is 2.98. The van der Waals surface area contributed by atoms with Crippen molar-refractivity contribution in [1.29, 1.82) is 0 Å². The molecular weight excluding hydrogens is 337 g/mol. The van der Waals surface area contributed by atoms with E-state index in [1.165, 1.54) is 23.2 Å². The quantitative estimate of drug-likeness (QED) is 0.665. The first-order chi connectivity index (χ1) is 12.5. The number of hydrogen-bond donors (Lipinski definition) is 1. The van der Waals surface area contributed by atoms with Crippen molar-refractivity contribution in [2.75, 3.05) is 5.32 Å². The second-order valence-electron chi connectivity index (χ2n) is 6.44. The Hall–Kier alpha value is -3.03. The van der Waals surface area contributed by atoms with Crippen LogP contribution in [0.3, 0.4) is 0 Å². The second kappa shape index (κ2) is 6.36. The predicted octanol–water partition coefficient (Wildman–Crippen LogP) is 3.46. The molecular formula is C18H18FN5O2. The molecule has 0 saturated heterocycles. The average Bonchev–Trinajstić information content (AvgIpc) is 3.03. The van der Waals surface area contributed by atoms with Crippen LogP contribution in [0.4, 0.5) is 15.0 Å². The molecule has 0 fully saturated rings. The number of carbonyl (C=O) groups is 1. The van der Waals surface area contributed by atoms with E-state index >= 15 is 0 Å². The Morgan fingerprint density at radius 3 is 3.00 bits per heavy atom. The van der Waals surface area contributed by atoms with Gasteiger partial charge in [0.25, 0.3) is 0 Å². The monoisotopic (exact) mass is 355 g/mol. The molecule has 3 aromatic heterocycles. The highest BCUT2D eigenvalue weighted by atomic mass is 19.1. The number of anilines is 1. The first-order valence-corrected chi connectivity index (χ1v) is 8.47. The fraction of sp³-hybridized carbons (Fsp3) is 0.333. The van der Waals surface area contributed by atoms with E-state index in [1.54, 1.807) is 12.1 Å². The van der Waals surface area contributed by atoms with Crippen molar-refractivity contribution >= 4 is 23.1 Å². The fourth-order valence-electron chi connectivity index (χ4n) is 3.10. The van der Waals surface area contributed by atoms with Gasteiger partial charge in [-0.25, -0.2) is 23.7 Å². The highest BCUT2D eigenvalue weighted by Gasteiger charge is 2.20. The molecule has 26 heavy (non-hydrogen) atoms. The Kier molecular flexibility index (Phi) is 4.02. The maximum Gasteiger partial charge on any atom is 0.421 e. The van der Waals surface area contributed by atoms with Gasteiger partial charge in [0, 0.05) is 5.69 Å². The van der Waals surface area contributed by atoms with Gasteiger partial charge in [0.15, 0.2) is 5.65 Å². The highest BCUT2D eigenvalue weighted by molar-refractivity contribution is 5.84. The van der Waals surface area contributed by atoms with Gasteiger partial charge in [0.1, 0.15) is 29.6 Å². The zero-order valence-electron chi connectivity index (χ0n) is 14.4. The van der Waals surface area contributed by atoms with Gasteiger partial charge >= 0.3 is 6.09 Å². The number of imidazole rings is 1. The van der Waals surface area contributed by atoms with Gasteiger partial charge in [-0.05, 0) is 50.5 Å². The van der Waals surface area contributed by atoms with Crippen molar-refractivity contribution in [3.63, 3.8) is 0 Å². The van der Waals surface area contributed by atoms with E-state index in [-0.39, 0.29) is 18.0 Å². The Morgan fingerprint density at radius 2 is 2.15 bits per heavy atom. The molecule has 4 heterocycles. The number of rotatable bonds is 0. The molecule has 7 nitrogen and oxygen atoms in total. The number of fused-ring (bicyclic) bond motifs is 2. The minimum absolute atomic E-state index is 0.206. The van der Waals surface area contributed by atoms with E-state index in [0.717, 1.165) is 11.3 Å². The summed E-state index contributed by atoms with van der Waals surface area (Å²) < 4.78 is 20.5. The summed E-state index contributed by atoms with van der Waals surface area (Å²) in [6.07, 6.45) is 2.91. The average molecular weight is 355 g/mol. The predicted molar refractivity (Wildman–Crippen MR) is 93.4 cm³/mol. The molecule has 2 bridgehead atoms. The van der Waals surface area contributed by atoms with Gasteiger partial charge in [-0.3, -0.25) is 4.98 Å². The summed E-state index contributed by atoms with van der Waals surface area (Å²) in [5, 5.41) is 3.25. The van der Waals surface area contributed by atoms with E-state index in [2.05, 4.69) is 20.3 Å². The third-order valence-electron chi connectivity index (χ3n) is 4.48. The molecule has 0 spiro atoms. The summed E-state index contributed by atoms with van der Waals surface area (Å²) in [6.45, 7) is 3.74. The van der Waals surface area contributed by atoms with Crippen LogP contribution in [-0.4, -0.2) is 31.7 Å². The number of ether oxygens (including phenoxy) is 1. The van der Waals surface area contributed by atoms with E-state index < -0.39 is 6.09 Å². The first kappa shape index (κ1) is 16.4. The minimum atomic E-state index is -0.524. The Balaban J connectivity index is 1.82. The summed E-state index contributed by atoms with van der Waals surface area (Å²) in [5.74, 6) is 0.171. The summed E-state index contributed by atoms with van der Waals surface area (Å²) >= 11 is 0. The van der Waals surface area contributed by atoms with Crippen LogP contribution in [0.2, 0.25) is 0 Å². The van der Waals surface area contributed by atoms with Gasteiger partial charge in [-0.1, -0.05) is 0 Å². The highest BCUT2D eigenvalue weighted by Crippen LogP contribution is 2.25. The Bertz CT molecular complexity index is 987. The standard InChI is InChI=1S/C18H18FN5O2/c1-10-3-4-14-13(7-12(19)8-20-14)11(2)22-16-6-5-15-17(23-16)24(9-21-15)18(25)26-10/h5-11H,3-4H2,1-2H3,(H,22,23)/t10-,11+/m0/s1. The number of aromatic nitrogens is 4. The molecule has 0 unspecified atom stereocenters. The van der Waals surface area contributed by atoms with Crippen LogP contribution in [0, 0.1) is 5.82 Å². The maximum atomic E-state index is 13.8. The van der Waals surface area contributed by atoms with E-state index in [9.17, 15) is 9.18 Å². The van der Waals surface area contributed by atoms with E-state index in [1.807, 2.05) is 13.8 Å². The van der Waals surface area contributed by atoms with Crippen molar-refractivity contribution in [3.05, 3.63) is 47.8 Å². The molecule has 0 aromatic carbocycles. The smallest absolute Gasteiger partial charge is 0.421 e. The fourth-order valence-corrected chi connectivity index (χ4v) is 3.10. The molecule has 8 heteroatoms. The molecule has 3 aromatic rings. The van der Waals surface area contributed by atoms with Crippen LogP contribution >= 0.6 is 0 Å². The topological polar surface area (TPSA) is 81.9 Å². The molecule has 4 rings (SSSR count). The zero-order valence-corrected chi connectivity index (χ0v) is 14.4. The van der Waals surface area contributed by atoms with Crippen LogP contribution < -0.4 is 5.32 Å². The molecule has 1 aliphatic heterocycles. The van der Waals surface area contributed by atoms with Crippen molar-refractivity contribution in [2.24, 2.45) is 0 Å². The van der Waals surface area contributed by atoms with Crippen molar-refractivity contribution in [1.82, 2.24) is 19.5 Å². The van der Waals surface area contributed by atoms with Crippen molar-refractivity contribution in [2.45, 2.75) is 38.8 Å². The van der Waals surface area contributed by atoms with Crippen LogP contribution in [0.25, 0.3) is 11.2 Å². The van der Waals surface area contributed by atoms with Crippen molar-refractivity contribution in [3.8, 4) is 0 Å². The SMILES string of the molecule is C[C@H]1CCc2ncc(F)cc2[C@@H](C)Nc2ccc3ncn(c3n2)C(=O)O1. The Morgan fingerprint density at radius 1 is 1.31 bits per heavy atom. The van der Waals surface area contributed by atoms with Gasteiger partial charge in [0.2, 0.25) is 0 Å². The molecule has 0 aliphatic carbocycles. The molecule has 0 radical (unpaired) electrons. The molecule has 1 N–H and O–H groups in total. The number of nitrogens with zero attached hydrogens (tertiary/aromatic N) is 4. The number of cyclic esters (lactones) is 1. The molecule has 0 saturated carbocycles. The molecule has 0 amide bonds. The van der Waals surface area contributed by atoms with Gasteiger partial charge in [-0.15, -0.1) is 0 Å². The number of halogens is 1. The van der Waals surface area contributed by atoms with E-state index in [4.69, 9.17) is 4.74 Å². The minimum Gasteiger partial charge on any atom is -0.446 e. The molecule has 134 valence electrons. The van der Waals surface area contributed by atoms with Crippen LogP contribution in [0.15, 0.2) is 30.7 Å². The largest absolute Gasteiger partial charge is 0.446 e. The lowest BCUT2D eigenvalue weighted by atomic mass is 10.0. The third-order valence-corrected chi connectivity index (χ3v) is 4.48. The second-order valence-corrected chi connectivity index (χ2v) is 6.44. The summed E-state index contributed by atoms with van der Waals surface area (Å²) in [7, 11) is 0. The number of aryl methyl sites for hydroxylation is 1. The maximum absolute atomic E-state index is 13.8. The number of hydrogen-bond acceptors (Lipinski definition) is 6. The van der Waals surface area contributed by atoms with Crippen LogP contribution in [-0.2, 0) is 11.2 Å². The normalized spacial score (nSPS) is 20.5. The van der Waals surface area contributed by atoms with Gasteiger partial charge < -0.3 is 10.1 Å². The summed E-state index contributed by atoms with van der Waals surface area (Å²) in [5.41, 5.74) is 2.54. The summed E-state index contributed by atoms with van der Waals surface area (Å²) in [6, 6.07) is 4.83. The molecule has 1 aliphatic rings. The van der Waals surface area contributed by atoms with Crippen molar-refractivity contribution < 1.29 is 13.9 Å².